The highest BCUT2D eigenvalue weighted by Gasteiger charge is 2.20. The summed E-state index contributed by atoms with van der Waals surface area (Å²) in [6, 6.07) is 13.3. The van der Waals surface area contributed by atoms with Crippen molar-refractivity contribution in [2.45, 2.75) is 11.3 Å². The summed E-state index contributed by atoms with van der Waals surface area (Å²) in [7, 11) is -3.67. The first-order chi connectivity index (χ1) is 14.0. The van der Waals surface area contributed by atoms with Crippen molar-refractivity contribution in [2.24, 2.45) is 0 Å². The number of piperazine rings is 1. The number of hydrogen-bond donors (Lipinski definition) is 1. The van der Waals surface area contributed by atoms with Crippen molar-refractivity contribution in [2.75, 3.05) is 44.2 Å². The lowest BCUT2D eigenvalue weighted by molar-refractivity contribution is 0.255. The monoisotopic (exact) mass is 434 g/mol. The van der Waals surface area contributed by atoms with Crippen LogP contribution < -0.4 is 9.62 Å². The molecule has 0 aliphatic carbocycles. The van der Waals surface area contributed by atoms with Gasteiger partial charge in [-0.1, -0.05) is 18.2 Å². The lowest BCUT2D eigenvalue weighted by Crippen LogP contribution is -2.47. The van der Waals surface area contributed by atoms with Crippen LogP contribution in [0.5, 0.6) is 0 Å². The van der Waals surface area contributed by atoms with E-state index in [2.05, 4.69) is 31.0 Å². The number of rotatable bonds is 7. The molecular weight excluding hydrogens is 411 g/mol. The summed E-state index contributed by atoms with van der Waals surface area (Å²) in [4.78, 5) is 4.62. The Kier molecular flexibility index (Phi) is 6.09. The number of sulfonamides is 1. The van der Waals surface area contributed by atoms with Crippen LogP contribution in [0.1, 0.15) is 6.42 Å². The van der Waals surface area contributed by atoms with E-state index >= 15 is 0 Å². The third kappa shape index (κ3) is 4.75. The van der Waals surface area contributed by atoms with Crippen LogP contribution in [0.25, 0.3) is 10.1 Å². The lowest BCUT2D eigenvalue weighted by atomic mass is 10.2. The van der Waals surface area contributed by atoms with Crippen LogP contribution in [-0.2, 0) is 10.0 Å². The van der Waals surface area contributed by atoms with Crippen LogP contribution in [0.2, 0.25) is 0 Å². The Hall–Kier alpha value is -2.07. The number of nitrogens with zero attached hydrogens (tertiary/aromatic N) is 3. The fourth-order valence-corrected chi connectivity index (χ4v) is 5.41. The molecule has 0 atom stereocenters. The molecule has 0 spiro atoms. The summed E-state index contributed by atoms with van der Waals surface area (Å²) < 4.78 is 46.1. The molecule has 1 aliphatic heterocycles. The standard InChI is InChI=1S/C20H23FN4O2S2/c21-16-5-3-6-17(15-16)29(26,27)22-9-4-10-24-11-13-25(14-12-24)20-18-7-1-2-8-19(18)28-23-20/h1-3,5-8,15,22H,4,9-14H2. The van der Waals surface area contributed by atoms with Crippen LogP contribution in [-0.4, -0.2) is 57.0 Å². The number of benzene rings is 2. The average molecular weight is 435 g/mol. The van der Waals surface area contributed by atoms with Gasteiger partial charge in [-0.2, -0.15) is 4.37 Å². The molecule has 1 saturated heterocycles. The van der Waals surface area contributed by atoms with Crippen molar-refractivity contribution in [3.63, 3.8) is 0 Å². The predicted octanol–water partition coefficient (Wildman–Crippen LogP) is 2.93. The zero-order valence-electron chi connectivity index (χ0n) is 15.9. The fraction of sp³-hybridized carbons (Fsp3) is 0.350. The smallest absolute Gasteiger partial charge is 0.240 e. The molecule has 154 valence electrons. The van der Waals surface area contributed by atoms with Crippen molar-refractivity contribution in [1.29, 1.82) is 0 Å². The quantitative estimate of drug-likeness (QED) is 0.579. The van der Waals surface area contributed by atoms with Gasteiger partial charge in [0.05, 0.1) is 9.60 Å². The molecule has 0 radical (unpaired) electrons. The van der Waals surface area contributed by atoms with Crippen molar-refractivity contribution >= 4 is 37.5 Å². The molecule has 4 rings (SSSR count). The van der Waals surface area contributed by atoms with Crippen LogP contribution in [0.4, 0.5) is 10.2 Å². The van der Waals surface area contributed by atoms with Gasteiger partial charge in [0.25, 0.3) is 0 Å². The number of hydrogen-bond acceptors (Lipinski definition) is 6. The summed E-state index contributed by atoms with van der Waals surface area (Å²) in [5, 5.41) is 1.21. The number of fused-ring (bicyclic) bond motifs is 1. The maximum absolute atomic E-state index is 13.2. The molecule has 1 aliphatic rings. The molecule has 0 saturated carbocycles. The highest BCUT2D eigenvalue weighted by atomic mass is 32.2. The number of aromatic nitrogens is 1. The Balaban J connectivity index is 1.23. The molecule has 0 unspecified atom stereocenters. The molecule has 9 heteroatoms. The van der Waals surface area contributed by atoms with Gasteiger partial charge in [-0.3, -0.25) is 4.90 Å². The summed E-state index contributed by atoms with van der Waals surface area (Å²) in [6.07, 6.45) is 0.703. The second kappa shape index (κ2) is 8.74. The molecule has 0 bridgehead atoms. The zero-order valence-corrected chi connectivity index (χ0v) is 17.6. The fourth-order valence-electron chi connectivity index (χ4n) is 3.51. The first kappa shape index (κ1) is 20.2. The third-order valence-electron chi connectivity index (χ3n) is 5.08. The number of anilines is 1. The van der Waals surface area contributed by atoms with Gasteiger partial charge in [-0.05, 0) is 54.8 Å². The maximum Gasteiger partial charge on any atom is 0.240 e. The molecule has 1 aromatic heterocycles. The molecule has 1 N–H and O–H groups in total. The highest BCUT2D eigenvalue weighted by Crippen LogP contribution is 2.29. The SMILES string of the molecule is O=S(=O)(NCCCN1CCN(c2nsc3ccccc23)CC1)c1cccc(F)c1. The Labute approximate surface area is 174 Å². The van der Waals surface area contributed by atoms with E-state index in [0.29, 0.717) is 13.0 Å². The van der Waals surface area contributed by atoms with Crippen molar-refractivity contribution in [3.8, 4) is 0 Å². The zero-order chi connectivity index (χ0) is 20.3. The Morgan fingerprint density at radius 3 is 2.66 bits per heavy atom. The summed E-state index contributed by atoms with van der Waals surface area (Å²) in [5.74, 6) is 0.506. The van der Waals surface area contributed by atoms with Gasteiger partial charge in [-0.25, -0.2) is 17.5 Å². The number of nitrogens with one attached hydrogen (secondary N) is 1. The minimum Gasteiger partial charge on any atom is -0.353 e. The Bertz CT molecular complexity index is 1080. The minimum atomic E-state index is -3.67. The van der Waals surface area contributed by atoms with E-state index < -0.39 is 15.8 Å². The van der Waals surface area contributed by atoms with Crippen molar-refractivity contribution in [3.05, 3.63) is 54.3 Å². The highest BCUT2D eigenvalue weighted by molar-refractivity contribution is 7.89. The topological polar surface area (TPSA) is 65.5 Å². The molecular formula is C20H23FN4O2S2. The van der Waals surface area contributed by atoms with E-state index in [0.717, 1.165) is 44.6 Å². The normalized spacial score (nSPS) is 15.8. The molecule has 6 nitrogen and oxygen atoms in total. The third-order valence-corrected chi connectivity index (χ3v) is 7.36. The van der Waals surface area contributed by atoms with Gasteiger partial charge < -0.3 is 4.90 Å². The molecule has 2 heterocycles. The predicted molar refractivity (Wildman–Crippen MR) is 114 cm³/mol. The van der Waals surface area contributed by atoms with E-state index in [1.54, 1.807) is 0 Å². The molecule has 29 heavy (non-hydrogen) atoms. The van der Waals surface area contributed by atoms with Gasteiger partial charge in [0.1, 0.15) is 11.6 Å². The molecule has 2 aromatic carbocycles. The van der Waals surface area contributed by atoms with E-state index in [4.69, 9.17) is 0 Å². The summed E-state index contributed by atoms with van der Waals surface area (Å²) in [5.41, 5.74) is 0. The van der Waals surface area contributed by atoms with Gasteiger partial charge in [-0.15, -0.1) is 0 Å². The lowest BCUT2D eigenvalue weighted by Gasteiger charge is -2.35. The summed E-state index contributed by atoms with van der Waals surface area (Å²) in [6.45, 7) is 4.80. The minimum absolute atomic E-state index is 0.0402. The van der Waals surface area contributed by atoms with Crippen LogP contribution in [0, 0.1) is 5.82 Å². The molecule has 1 fully saturated rings. The second-order valence-corrected chi connectivity index (χ2v) is 9.61. The molecule has 3 aromatic rings. The first-order valence-corrected chi connectivity index (χ1v) is 11.9. The largest absolute Gasteiger partial charge is 0.353 e. The first-order valence-electron chi connectivity index (χ1n) is 9.60. The van der Waals surface area contributed by atoms with E-state index in [-0.39, 0.29) is 4.90 Å². The van der Waals surface area contributed by atoms with E-state index in [1.165, 1.54) is 39.8 Å². The van der Waals surface area contributed by atoms with Gasteiger partial charge >= 0.3 is 0 Å². The van der Waals surface area contributed by atoms with Crippen molar-refractivity contribution in [1.82, 2.24) is 14.0 Å². The molecule has 0 amide bonds. The summed E-state index contributed by atoms with van der Waals surface area (Å²) >= 11 is 1.53. The Morgan fingerprint density at radius 1 is 1.07 bits per heavy atom. The van der Waals surface area contributed by atoms with Crippen LogP contribution in [0.15, 0.2) is 53.4 Å². The average Bonchev–Trinajstić information content (AvgIpc) is 3.16. The van der Waals surface area contributed by atoms with Gasteiger partial charge in [0, 0.05) is 38.1 Å². The van der Waals surface area contributed by atoms with Crippen LogP contribution in [0.3, 0.4) is 0 Å². The van der Waals surface area contributed by atoms with E-state index in [1.807, 2.05) is 12.1 Å². The second-order valence-electron chi connectivity index (χ2n) is 7.04. The van der Waals surface area contributed by atoms with Gasteiger partial charge in [0.2, 0.25) is 10.0 Å². The maximum atomic E-state index is 13.2. The number of halogens is 1. The van der Waals surface area contributed by atoms with E-state index in [9.17, 15) is 12.8 Å². The van der Waals surface area contributed by atoms with Gasteiger partial charge in [0.15, 0.2) is 0 Å². The Morgan fingerprint density at radius 2 is 1.86 bits per heavy atom. The van der Waals surface area contributed by atoms with Crippen LogP contribution >= 0.6 is 11.5 Å². The van der Waals surface area contributed by atoms with Crippen molar-refractivity contribution < 1.29 is 12.8 Å².